The zero-order valence-electron chi connectivity index (χ0n) is 10.4. The van der Waals surface area contributed by atoms with E-state index in [9.17, 15) is 0 Å². The predicted molar refractivity (Wildman–Crippen MR) is 75.5 cm³/mol. The first-order valence-corrected chi connectivity index (χ1v) is 5.90. The van der Waals surface area contributed by atoms with Crippen molar-refractivity contribution in [3.05, 3.63) is 71.3 Å². The van der Waals surface area contributed by atoms with Gasteiger partial charge in [-0.2, -0.15) is 0 Å². The first-order valence-electron chi connectivity index (χ1n) is 5.90. The van der Waals surface area contributed by atoms with Crippen molar-refractivity contribution >= 4 is 11.8 Å². The fourth-order valence-electron chi connectivity index (χ4n) is 1.60. The van der Waals surface area contributed by atoms with E-state index in [1.165, 1.54) is 0 Å². The molecule has 0 aliphatic heterocycles. The van der Waals surface area contributed by atoms with Gasteiger partial charge in [0.1, 0.15) is 0 Å². The molecule has 0 atom stereocenters. The lowest BCUT2D eigenvalue weighted by atomic mass is 10.1. The van der Waals surface area contributed by atoms with Crippen LogP contribution in [0.4, 0.5) is 0 Å². The topological polar surface area (TPSA) is 83.0 Å². The highest BCUT2D eigenvalue weighted by atomic mass is 16.5. The monoisotopic (exact) mass is 253 g/mol. The number of nitrogens with one attached hydrogen (secondary N) is 2. The zero-order valence-corrected chi connectivity index (χ0v) is 10.4. The van der Waals surface area contributed by atoms with E-state index in [1.807, 2.05) is 30.3 Å². The van der Waals surface area contributed by atoms with Gasteiger partial charge in [0.25, 0.3) is 0 Å². The molecule has 0 aromatic heterocycles. The molecule has 0 saturated carbocycles. The summed E-state index contributed by atoms with van der Waals surface area (Å²) >= 11 is 0. The van der Waals surface area contributed by atoms with Crippen LogP contribution in [0.5, 0.6) is 0 Å². The van der Waals surface area contributed by atoms with Crippen LogP contribution < -0.4 is 5.73 Å². The van der Waals surface area contributed by atoms with Crippen LogP contribution in [0, 0.1) is 10.8 Å². The molecular formula is C15H15N3O. The average Bonchev–Trinajstić information content (AvgIpc) is 2.48. The number of ether oxygens (including phenoxy) is 1. The van der Waals surface area contributed by atoms with Crippen molar-refractivity contribution in [3.8, 4) is 0 Å². The molecule has 4 heteroatoms. The quantitative estimate of drug-likeness (QED) is 0.580. The minimum Gasteiger partial charge on any atom is -0.421 e. The molecule has 4 nitrogen and oxygen atoms in total. The van der Waals surface area contributed by atoms with Crippen LogP contribution in [-0.2, 0) is 11.3 Å². The van der Waals surface area contributed by atoms with Gasteiger partial charge in [-0.25, -0.2) is 0 Å². The zero-order chi connectivity index (χ0) is 13.7. The minimum atomic E-state index is -0.0441. The molecule has 0 amide bonds. The maximum atomic E-state index is 7.84. The fourth-order valence-corrected chi connectivity index (χ4v) is 1.60. The normalized spacial score (nSPS) is 9.95. The SMILES string of the molecule is N=C(OC(=N)c1ccc(CN)cc1)c1ccccc1. The van der Waals surface area contributed by atoms with Crippen LogP contribution in [0.2, 0.25) is 0 Å². The van der Waals surface area contributed by atoms with Gasteiger partial charge >= 0.3 is 0 Å². The fraction of sp³-hybridized carbons (Fsp3) is 0.0667. The van der Waals surface area contributed by atoms with E-state index < -0.39 is 0 Å². The van der Waals surface area contributed by atoms with Crippen LogP contribution in [0.3, 0.4) is 0 Å². The highest BCUT2D eigenvalue weighted by Crippen LogP contribution is 2.08. The summed E-state index contributed by atoms with van der Waals surface area (Å²) in [7, 11) is 0. The van der Waals surface area contributed by atoms with E-state index in [2.05, 4.69) is 0 Å². The first-order chi connectivity index (χ1) is 9.20. The number of benzene rings is 2. The molecule has 2 aromatic carbocycles. The Morgan fingerprint density at radius 1 is 0.842 bits per heavy atom. The maximum absolute atomic E-state index is 7.84. The van der Waals surface area contributed by atoms with Crippen LogP contribution in [0.15, 0.2) is 54.6 Å². The number of nitrogens with two attached hydrogens (primary N) is 1. The lowest BCUT2D eigenvalue weighted by Gasteiger charge is -2.08. The van der Waals surface area contributed by atoms with Crippen molar-refractivity contribution in [1.82, 2.24) is 0 Å². The molecule has 0 bridgehead atoms. The number of rotatable bonds is 3. The Bertz CT molecular complexity index is 576. The summed E-state index contributed by atoms with van der Waals surface area (Å²) in [6, 6.07) is 16.3. The summed E-state index contributed by atoms with van der Waals surface area (Å²) in [6.45, 7) is 0.467. The summed E-state index contributed by atoms with van der Waals surface area (Å²) in [5.41, 5.74) is 7.78. The van der Waals surface area contributed by atoms with Gasteiger partial charge in [-0.05, 0) is 29.8 Å². The van der Waals surface area contributed by atoms with Gasteiger partial charge in [0.15, 0.2) is 0 Å². The second-order valence-electron chi connectivity index (χ2n) is 4.03. The van der Waals surface area contributed by atoms with Crippen molar-refractivity contribution in [2.24, 2.45) is 5.73 Å². The van der Waals surface area contributed by atoms with Crippen molar-refractivity contribution in [1.29, 1.82) is 10.8 Å². The Hall–Kier alpha value is -2.46. The Kier molecular flexibility index (Phi) is 4.05. The van der Waals surface area contributed by atoms with E-state index in [1.54, 1.807) is 24.3 Å². The number of hydrogen-bond acceptors (Lipinski definition) is 4. The molecule has 0 fully saturated rings. The second kappa shape index (κ2) is 5.93. The van der Waals surface area contributed by atoms with Crippen molar-refractivity contribution in [2.75, 3.05) is 0 Å². The van der Waals surface area contributed by atoms with Crippen LogP contribution in [-0.4, -0.2) is 11.8 Å². The highest BCUT2D eigenvalue weighted by Gasteiger charge is 2.08. The van der Waals surface area contributed by atoms with Gasteiger partial charge in [-0.3, -0.25) is 10.8 Å². The molecule has 2 aromatic rings. The molecule has 0 spiro atoms. The lowest BCUT2D eigenvalue weighted by molar-refractivity contribution is 0.538. The molecule has 0 heterocycles. The maximum Gasteiger partial charge on any atom is 0.221 e. The second-order valence-corrected chi connectivity index (χ2v) is 4.03. The number of hydrogen-bond donors (Lipinski definition) is 3. The largest absolute Gasteiger partial charge is 0.421 e. The molecular weight excluding hydrogens is 238 g/mol. The van der Waals surface area contributed by atoms with Crippen LogP contribution in [0.1, 0.15) is 16.7 Å². The van der Waals surface area contributed by atoms with Crippen LogP contribution in [0.25, 0.3) is 0 Å². The van der Waals surface area contributed by atoms with Crippen molar-refractivity contribution in [3.63, 3.8) is 0 Å². The lowest BCUT2D eigenvalue weighted by Crippen LogP contribution is -2.13. The third-order valence-corrected chi connectivity index (χ3v) is 2.69. The van der Waals surface area contributed by atoms with Crippen molar-refractivity contribution < 1.29 is 4.74 Å². The Morgan fingerprint density at radius 2 is 1.37 bits per heavy atom. The summed E-state index contributed by atoms with van der Waals surface area (Å²) < 4.78 is 5.23. The van der Waals surface area contributed by atoms with Gasteiger partial charge in [-0.1, -0.05) is 30.3 Å². The highest BCUT2D eigenvalue weighted by molar-refractivity contribution is 6.04. The molecule has 96 valence electrons. The molecule has 4 N–H and O–H groups in total. The molecule has 0 unspecified atom stereocenters. The molecule has 19 heavy (non-hydrogen) atoms. The Balaban J connectivity index is 2.06. The van der Waals surface area contributed by atoms with E-state index in [0.717, 1.165) is 5.56 Å². The van der Waals surface area contributed by atoms with Gasteiger partial charge in [0.05, 0.1) is 0 Å². The van der Waals surface area contributed by atoms with Crippen molar-refractivity contribution in [2.45, 2.75) is 6.54 Å². The van der Waals surface area contributed by atoms with Crippen LogP contribution >= 0.6 is 0 Å². The van der Waals surface area contributed by atoms with Gasteiger partial charge in [0, 0.05) is 17.7 Å². The summed E-state index contributed by atoms with van der Waals surface area (Å²) in [6.07, 6.45) is 0. The third-order valence-electron chi connectivity index (χ3n) is 2.69. The standard InChI is InChI=1S/C15H15N3O/c16-10-11-6-8-13(9-7-11)15(18)19-14(17)12-4-2-1-3-5-12/h1-9,17-18H,10,16H2. The molecule has 0 radical (unpaired) electrons. The summed E-state index contributed by atoms with van der Waals surface area (Å²) in [5, 5.41) is 15.6. The van der Waals surface area contributed by atoms with E-state index in [4.69, 9.17) is 21.3 Å². The summed E-state index contributed by atoms with van der Waals surface area (Å²) in [4.78, 5) is 0. The Morgan fingerprint density at radius 3 is 1.89 bits per heavy atom. The average molecular weight is 253 g/mol. The first kappa shape index (κ1) is 13.0. The third kappa shape index (κ3) is 3.26. The van der Waals surface area contributed by atoms with Gasteiger partial charge in [0.2, 0.25) is 11.8 Å². The van der Waals surface area contributed by atoms with E-state index in [-0.39, 0.29) is 11.8 Å². The van der Waals surface area contributed by atoms with E-state index in [0.29, 0.717) is 17.7 Å². The van der Waals surface area contributed by atoms with E-state index >= 15 is 0 Å². The smallest absolute Gasteiger partial charge is 0.221 e. The minimum absolute atomic E-state index is 0.0338. The molecule has 2 rings (SSSR count). The molecule has 0 aliphatic rings. The molecule has 0 saturated heterocycles. The summed E-state index contributed by atoms with van der Waals surface area (Å²) in [5.74, 6) is -0.0778. The van der Waals surface area contributed by atoms with Gasteiger partial charge in [-0.15, -0.1) is 0 Å². The Labute approximate surface area is 111 Å². The molecule has 0 aliphatic carbocycles. The predicted octanol–water partition coefficient (Wildman–Crippen LogP) is 2.51. The van der Waals surface area contributed by atoms with Gasteiger partial charge < -0.3 is 10.5 Å².